The van der Waals surface area contributed by atoms with Gasteiger partial charge in [0.1, 0.15) is 11.3 Å². The second-order valence-corrected chi connectivity index (χ2v) is 4.83. The van der Waals surface area contributed by atoms with Crippen LogP contribution in [-0.2, 0) is 0 Å². The summed E-state index contributed by atoms with van der Waals surface area (Å²) in [5, 5.41) is 1.50. The Kier molecular flexibility index (Phi) is 3.20. The number of carbonyl (C=O) groups excluding carboxylic acids is 1. The van der Waals surface area contributed by atoms with Gasteiger partial charge in [-0.3, -0.25) is 0 Å². The first kappa shape index (κ1) is 12.8. The van der Waals surface area contributed by atoms with Gasteiger partial charge in [0.25, 0.3) is 0 Å². The molecule has 3 rings (SSSR count). The van der Waals surface area contributed by atoms with E-state index in [0.29, 0.717) is 16.4 Å². The Hall–Kier alpha value is -2.26. The fraction of sp³-hybridized carbons (Fsp3) is 0.0625. The molecule has 0 atom stereocenters. The molecule has 0 unspecified atom stereocenters. The zero-order valence-corrected chi connectivity index (χ0v) is 11.5. The summed E-state index contributed by atoms with van der Waals surface area (Å²) in [7, 11) is 0. The predicted octanol–water partition coefficient (Wildman–Crippen LogP) is 4.61. The first-order valence-corrected chi connectivity index (χ1v) is 6.49. The topological polar surface area (TPSA) is 39.4 Å². The van der Waals surface area contributed by atoms with Crippen LogP contribution >= 0.6 is 11.6 Å². The van der Waals surface area contributed by atoms with Gasteiger partial charge < -0.3 is 9.15 Å². The van der Waals surface area contributed by atoms with Gasteiger partial charge in [-0.2, -0.15) is 0 Å². The summed E-state index contributed by atoms with van der Waals surface area (Å²) in [6, 6.07) is 14.1. The minimum atomic E-state index is -0.513. The van der Waals surface area contributed by atoms with E-state index in [1.165, 1.54) is 0 Å². The molecule has 0 N–H and O–H groups in total. The first-order valence-electron chi connectivity index (χ1n) is 6.11. The molecule has 0 radical (unpaired) electrons. The molecule has 0 aliphatic carbocycles. The zero-order chi connectivity index (χ0) is 14.1. The molecular weight excluding hydrogens is 276 g/mol. The maximum absolute atomic E-state index is 12.1. The summed E-state index contributed by atoms with van der Waals surface area (Å²) >= 11 is 5.78. The second kappa shape index (κ2) is 5.02. The second-order valence-electron chi connectivity index (χ2n) is 4.40. The van der Waals surface area contributed by atoms with Crippen molar-refractivity contribution in [2.45, 2.75) is 6.92 Å². The lowest BCUT2D eigenvalue weighted by molar-refractivity contribution is 0.0703. The van der Waals surface area contributed by atoms with E-state index in [0.717, 1.165) is 10.9 Å². The molecule has 0 saturated heterocycles. The van der Waals surface area contributed by atoms with Crippen LogP contribution in [0, 0.1) is 6.92 Å². The van der Waals surface area contributed by atoms with Crippen LogP contribution in [0.1, 0.15) is 16.1 Å². The van der Waals surface area contributed by atoms with Crippen molar-refractivity contribution < 1.29 is 13.9 Å². The Labute approximate surface area is 120 Å². The van der Waals surface area contributed by atoms with Gasteiger partial charge in [0.15, 0.2) is 0 Å². The molecule has 3 nitrogen and oxygen atoms in total. The average molecular weight is 287 g/mol. The highest BCUT2D eigenvalue weighted by Gasteiger charge is 2.19. The zero-order valence-electron chi connectivity index (χ0n) is 10.7. The van der Waals surface area contributed by atoms with Crippen molar-refractivity contribution in [1.29, 1.82) is 0 Å². The predicted molar refractivity (Wildman–Crippen MR) is 77.4 cm³/mol. The number of furan rings is 1. The molecule has 0 aliphatic rings. The van der Waals surface area contributed by atoms with Crippen molar-refractivity contribution >= 4 is 28.5 Å². The van der Waals surface area contributed by atoms with Gasteiger partial charge >= 0.3 is 5.97 Å². The highest BCUT2D eigenvalue weighted by Crippen LogP contribution is 2.26. The molecule has 0 spiro atoms. The molecule has 0 aliphatic heterocycles. The van der Waals surface area contributed by atoms with Crippen LogP contribution in [0.3, 0.4) is 0 Å². The lowest BCUT2D eigenvalue weighted by atomic mass is 10.1. The fourth-order valence-electron chi connectivity index (χ4n) is 2.03. The maximum atomic E-state index is 12.1. The number of para-hydroxylation sites is 1. The quantitative estimate of drug-likeness (QED) is 0.510. The SMILES string of the molecule is Cc1c(C(=O)Oc2ccc(Cl)cc2)oc2ccccc12. The van der Waals surface area contributed by atoms with Crippen molar-refractivity contribution in [2.24, 2.45) is 0 Å². The van der Waals surface area contributed by atoms with Gasteiger partial charge in [-0.25, -0.2) is 4.79 Å². The Bertz CT molecular complexity index is 772. The summed E-state index contributed by atoms with van der Waals surface area (Å²) < 4.78 is 10.8. The third kappa shape index (κ3) is 2.28. The number of hydrogen-bond acceptors (Lipinski definition) is 3. The van der Waals surface area contributed by atoms with E-state index in [1.54, 1.807) is 24.3 Å². The average Bonchev–Trinajstić information content (AvgIpc) is 2.79. The van der Waals surface area contributed by atoms with Crippen molar-refractivity contribution in [3.63, 3.8) is 0 Å². The molecule has 1 aromatic heterocycles. The molecule has 1 heterocycles. The monoisotopic (exact) mass is 286 g/mol. The maximum Gasteiger partial charge on any atom is 0.379 e. The molecule has 2 aromatic carbocycles. The Morgan fingerprint density at radius 1 is 1.10 bits per heavy atom. The van der Waals surface area contributed by atoms with Gasteiger partial charge in [-0.1, -0.05) is 29.8 Å². The van der Waals surface area contributed by atoms with Crippen LogP contribution in [0.15, 0.2) is 52.9 Å². The van der Waals surface area contributed by atoms with E-state index >= 15 is 0 Å². The molecule has 0 fully saturated rings. The van der Waals surface area contributed by atoms with E-state index in [9.17, 15) is 4.79 Å². The summed E-state index contributed by atoms with van der Waals surface area (Å²) in [5.74, 6) is 0.140. The summed E-state index contributed by atoms with van der Waals surface area (Å²) in [6.45, 7) is 1.84. The number of ether oxygens (including phenoxy) is 1. The number of esters is 1. The van der Waals surface area contributed by atoms with Crippen LogP contribution in [0.25, 0.3) is 11.0 Å². The van der Waals surface area contributed by atoms with Gasteiger partial charge in [0.05, 0.1) is 0 Å². The van der Waals surface area contributed by atoms with Gasteiger partial charge in [0.2, 0.25) is 5.76 Å². The molecule has 100 valence electrons. The lowest BCUT2D eigenvalue weighted by Crippen LogP contribution is -2.08. The Morgan fingerprint density at radius 2 is 1.80 bits per heavy atom. The Morgan fingerprint density at radius 3 is 2.50 bits per heavy atom. The third-order valence-corrected chi connectivity index (χ3v) is 3.31. The third-order valence-electron chi connectivity index (χ3n) is 3.05. The summed E-state index contributed by atoms with van der Waals surface area (Å²) in [4.78, 5) is 12.1. The number of aryl methyl sites for hydroxylation is 1. The molecule has 3 aromatic rings. The normalized spacial score (nSPS) is 10.7. The van der Waals surface area contributed by atoms with Crippen LogP contribution in [0.2, 0.25) is 5.02 Å². The van der Waals surface area contributed by atoms with Crippen LogP contribution in [0.4, 0.5) is 0 Å². The van der Waals surface area contributed by atoms with Crippen LogP contribution < -0.4 is 4.74 Å². The molecular formula is C16H11ClO3. The number of benzene rings is 2. The largest absolute Gasteiger partial charge is 0.449 e. The molecule has 0 amide bonds. The number of carbonyl (C=O) groups is 1. The van der Waals surface area contributed by atoms with Gasteiger partial charge in [0, 0.05) is 16.0 Å². The van der Waals surface area contributed by atoms with Crippen LogP contribution in [0.5, 0.6) is 5.75 Å². The van der Waals surface area contributed by atoms with E-state index in [4.69, 9.17) is 20.8 Å². The number of fused-ring (bicyclic) bond motifs is 1. The highest BCUT2D eigenvalue weighted by molar-refractivity contribution is 6.30. The smallest absolute Gasteiger partial charge is 0.379 e. The van der Waals surface area contributed by atoms with Gasteiger partial charge in [-0.15, -0.1) is 0 Å². The van der Waals surface area contributed by atoms with Crippen molar-refractivity contribution in [3.05, 3.63) is 64.9 Å². The van der Waals surface area contributed by atoms with E-state index < -0.39 is 5.97 Å². The molecule has 0 bridgehead atoms. The summed E-state index contributed by atoms with van der Waals surface area (Å²) in [6.07, 6.45) is 0. The minimum Gasteiger partial charge on any atom is -0.449 e. The molecule has 0 saturated carbocycles. The van der Waals surface area contributed by atoms with Crippen molar-refractivity contribution in [3.8, 4) is 5.75 Å². The van der Waals surface area contributed by atoms with Crippen molar-refractivity contribution in [2.75, 3.05) is 0 Å². The standard InChI is InChI=1S/C16H11ClO3/c1-10-13-4-2-3-5-14(13)20-15(10)16(18)19-12-8-6-11(17)7-9-12/h2-9H,1H3. The number of hydrogen-bond donors (Lipinski definition) is 0. The first-order chi connectivity index (χ1) is 9.65. The van der Waals surface area contributed by atoms with E-state index in [1.807, 2.05) is 31.2 Å². The summed E-state index contributed by atoms with van der Waals surface area (Å²) in [5.41, 5.74) is 1.45. The number of halogens is 1. The highest BCUT2D eigenvalue weighted by atomic mass is 35.5. The van der Waals surface area contributed by atoms with E-state index in [2.05, 4.69) is 0 Å². The molecule has 4 heteroatoms. The van der Waals surface area contributed by atoms with E-state index in [-0.39, 0.29) is 5.76 Å². The minimum absolute atomic E-state index is 0.223. The lowest BCUT2D eigenvalue weighted by Gasteiger charge is -2.02. The van der Waals surface area contributed by atoms with Crippen LogP contribution in [-0.4, -0.2) is 5.97 Å². The number of rotatable bonds is 2. The fourth-order valence-corrected chi connectivity index (χ4v) is 2.15. The molecule has 20 heavy (non-hydrogen) atoms. The van der Waals surface area contributed by atoms with Crippen molar-refractivity contribution in [1.82, 2.24) is 0 Å². The Balaban J connectivity index is 1.92. The van der Waals surface area contributed by atoms with Gasteiger partial charge in [-0.05, 0) is 37.3 Å².